The van der Waals surface area contributed by atoms with E-state index in [-0.39, 0.29) is 6.04 Å². The van der Waals surface area contributed by atoms with Gasteiger partial charge in [0.15, 0.2) is 0 Å². The van der Waals surface area contributed by atoms with E-state index in [0.29, 0.717) is 0 Å². The van der Waals surface area contributed by atoms with Crippen LogP contribution in [0.5, 0.6) is 0 Å². The van der Waals surface area contributed by atoms with Crippen molar-refractivity contribution in [1.82, 2.24) is 0 Å². The normalized spacial score (nSPS) is 13.1. The van der Waals surface area contributed by atoms with Crippen LogP contribution in [0.3, 0.4) is 0 Å². The van der Waals surface area contributed by atoms with E-state index in [4.69, 9.17) is 5.73 Å². The standard InChI is InChI=1S/C14H23NS/c1-11(2)9-16-10-14(15)8-13-7-5-4-6-12(13)3/h4-7,11,14H,8-10,15H2,1-3H3. The molecule has 1 aromatic carbocycles. The van der Waals surface area contributed by atoms with Gasteiger partial charge < -0.3 is 5.73 Å². The first-order valence-electron chi connectivity index (χ1n) is 5.97. The van der Waals surface area contributed by atoms with Crippen LogP contribution in [-0.2, 0) is 6.42 Å². The van der Waals surface area contributed by atoms with Gasteiger partial charge in [0, 0.05) is 11.8 Å². The van der Waals surface area contributed by atoms with Crippen LogP contribution in [0, 0.1) is 12.8 Å². The highest BCUT2D eigenvalue weighted by molar-refractivity contribution is 7.99. The van der Waals surface area contributed by atoms with E-state index in [1.807, 2.05) is 11.8 Å². The molecule has 0 saturated heterocycles. The Hall–Kier alpha value is -0.470. The van der Waals surface area contributed by atoms with Gasteiger partial charge in [-0.25, -0.2) is 0 Å². The Labute approximate surface area is 104 Å². The summed E-state index contributed by atoms with van der Waals surface area (Å²) < 4.78 is 0. The van der Waals surface area contributed by atoms with Gasteiger partial charge in [0.1, 0.15) is 0 Å². The molecule has 0 fully saturated rings. The molecular weight excluding hydrogens is 214 g/mol. The molecule has 1 nitrogen and oxygen atoms in total. The maximum atomic E-state index is 6.14. The number of hydrogen-bond donors (Lipinski definition) is 1. The van der Waals surface area contributed by atoms with Crippen molar-refractivity contribution < 1.29 is 0 Å². The van der Waals surface area contributed by atoms with E-state index in [1.54, 1.807) is 0 Å². The van der Waals surface area contributed by atoms with Crippen molar-refractivity contribution in [3.63, 3.8) is 0 Å². The number of benzene rings is 1. The fourth-order valence-corrected chi connectivity index (χ4v) is 2.66. The van der Waals surface area contributed by atoms with Crippen molar-refractivity contribution in [3.8, 4) is 0 Å². The first-order chi connectivity index (χ1) is 7.59. The quantitative estimate of drug-likeness (QED) is 0.822. The molecule has 0 aliphatic carbocycles. The molecule has 0 amide bonds. The number of hydrogen-bond acceptors (Lipinski definition) is 2. The minimum Gasteiger partial charge on any atom is -0.327 e. The molecule has 1 atom stereocenters. The molecule has 0 saturated carbocycles. The lowest BCUT2D eigenvalue weighted by atomic mass is 10.0. The second-order valence-corrected chi connectivity index (χ2v) is 5.90. The van der Waals surface area contributed by atoms with Gasteiger partial charge in [0.25, 0.3) is 0 Å². The Morgan fingerprint density at radius 1 is 1.19 bits per heavy atom. The third-order valence-electron chi connectivity index (χ3n) is 2.53. The lowest BCUT2D eigenvalue weighted by molar-refractivity contribution is 0.730. The highest BCUT2D eigenvalue weighted by Crippen LogP contribution is 2.13. The van der Waals surface area contributed by atoms with Crippen molar-refractivity contribution in [1.29, 1.82) is 0 Å². The van der Waals surface area contributed by atoms with Crippen LogP contribution in [0.4, 0.5) is 0 Å². The van der Waals surface area contributed by atoms with Crippen molar-refractivity contribution >= 4 is 11.8 Å². The third kappa shape index (κ3) is 5.04. The second kappa shape index (κ2) is 6.97. The third-order valence-corrected chi connectivity index (χ3v) is 4.09. The summed E-state index contributed by atoms with van der Waals surface area (Å²) in [6.07, 6.45) is 0.998. The number of thioether (sulfide) groups is 1. The molecule has 2 N–H and O–H groups in total. The van der Waals surface area contributed by atoms with Crippen LogP contribution in [0.1, 0.15) is 25.0 Å². The minimum atomic E-state index is 0.282. The van der Waals surface area contributed by atoms with E-state index in [9.17, 15) is 0 Å². The van der Waals surface area contributed by atoms with Gasteiger partial charge in [-0.1, -0.05) is 38.1 Å². The highest BCUT2D eigenvalue weighted by Gasteiger charge is 2.06. The lowest BCUT2D eigenvalue weighted by Crippen LogP contribution is -2.26. The molecular formula is C14H23NS. The van der Waals surface area contributed by atoms with Crippen molar-refractivity contribution in [2.45, 2.75) is 33.2 Å². The van der Waals surface area contributed by atoms with Gasteiger partial charge in [-0.2, -0.15) is 11.8 Å². The fourth-order valence-electron chi connectivity index (χ4n) is 1.64. The van der Waals surface area contributed by atoms with Crippen molar-refractivity contribution in [2.24, 2.45) is 11.7 Å². The topological polar surface area (TPSA) is 26.0 Å². The minimum absolute atomic E-state index is 0.282. The molecule has 16 heavy (non-hydrogen) atoms. The average molecular weight is 237 g/mol. The molecule has 0 bridgehead atoms. The molecule has 0 spiro atoms. The summed E-state index contributed by atoms with van der Waals surface area (Å²) in [5, 5.41) is 0. The molecule has 1 rings (SSSR count). The van der Waals surface area contributed by atoms with Gasteiger partial charge in [0.2, 0.25) is 0 Å². The zero-order valence-electron chi connectivity index (χ0n) is 10.6. The summed E-state index contributed by atoms with van der Waals surface area (Å²) in [6, 6.07) is 8.80. The Balaban J connectivity index is 2.34. The smallest absolute Gasteiger partial charge is 0.0171 e. The van der Waals surface area contributed by atoms with E-state index < -0.39 is 0 Å². The molecule has 1 aromatic rings. The Morgan fingerprint density at radius 3 is 2.50 bits per heavy atom. The molecule has 90 valence electrons. The van der Waals surface area contributed by atoms with Crippen molar-refractivity contribution in [3.05, 3.63) is 35.4 Å². The zero-order valence-corrected chi connectivity index (χ0v) is 11.4. The summed E-state index contributed by atoms with van der Waals surface area (Å²) in [4.78, 5) is 0. The predicted molar refractivity (Wildman–Crippen MR) is 75.0 cm³/mol. The Kier molecular flexibility index (Phi) is 5.93. The summed E-state index contributed by atoms with van der Waals surface area (Å²) in [7, 11) is 0. The van der Waals surface area contributed by atoms with E-state index in [1.165, 1.54) is 16.9 Å². The second-order valence-electron chi connectivity index (χ2n) is 4.82. The summed E-state index contributed by atoms with van der Waals surface area (Å²) in [6.45, 7) is 6.66. The monoisotopic (exact) mass is 237 g/mol. The highest BCUT2D eigenvalue weighted by atomic mass is 32.2. The predicted octanol–water partition coefficient (Wildman–Crippen LogP) is 3.25. The van der Waals surface area contributed by atoms with E-state index in [0.717, 1.165) is 18.1 Å². The fraction of sp³-hybridized carbons (Fsp3) is 0.571. The van der Waals surface area contributed by atoms with Crippen LogP contribution in [0.25, 0.3) is 0 Å². The van der Waals surface area contributed by atoms with Crippen LogP contribution in [-0.4, -0.2) is 17.5 Å². The maximum absolute atomic E-state index is 6.14. The van der Waals surface area contributed by atoms with Crippen molar-refractivity contribution in [2.75, 3.05) is 11.5 Å². The van der Waals surface area contributed by atoms with Gasteiger partial charge in [-0.3, -0.25) is 0 Å². The zero-order chi connectivity index (χ0) is 12.0. The molecule has 0 radical (unpaired) electrons. The Bertz CT molecular complexity index is 309. The van der Waals surface area contributed by atoms with Gasteiger partial charge in [-0.05, 0) is 36.1 Å². The maximum Gasteiger partial charge on any atom is 0.0171 e. The molecule has 0 aromatic heterocycles. The van der Waals surface area contributed by atoms with Crippen LogP contribution in [0.2, 0.25) is 0 Å². The largest absolute Gasteiger partial charge is 0.327 e. The van der Waals surface area contributed by atoms with Gasteiger partial charge in [0.05, 0.1) is 0 Å². The molecule has 0 aliphatic rings. The lowest BCUT2D eigenvalue weighted by Gasteiger charge is -2.13. The molecule has 0 heterocycles. The van der Waals surface area contributed by atoms with Crippen LogP contribution < -0.4 is 5.73 Å². The van der Waals surface area contributed by atoms with Crippen LogP contribution in [0.15, 0.2) is 24.3 Å². The molecule has 2 heteroatoms. The van der Waals surface area contributed by atoms with E-state index >= 15 is 0 Å². The number of aryl methyl sites for hydroxylation is 1. The van der Waals surface area contributed by atoms with Crippen LogP contribution >= 0.6 is 11.8 Å². The average Bonchev–Trinajstić information content (AvgIpc) is 2.21. The molecule has 1 unspecified atom stereocenters. The Morgan fingerprint density at radius 2 is 1.88 bits per heavy atom. The SMILES string of the molecule is Cc1ccccc1CC(N)CSCC(C)C. The van der Waals surface area contributed by atoms with Gasteiger partial charge >= 0.3 is 0 Å². The summed E-state index contributed by atoms with van der Waals surface area (Å²) in [5.41, 5.74) is 8.88. The van der Waals surface area contributed by atoms with Gasteiger partial charge in [-0.15, -0.1) is 0 Å². The van der Waals surface area contributed by atoms with E-state index in [2.05, 4.69) is 45.0 Å². The summed E-state index contributed by atoms with van der Waals surface area (Å²) >= 11 is 1.97. The first kappa shape index (κ1) is 13.6. The number of nitrogens with two attached hydrogens (primary N) is 1. The number of rotatable bonds is 6. The molecule has 0 aliphatic heterocycles. The first-order valence-corrected chi connectivity index (χ1v) is 7.13. The summed E-state index contributed by atoms with van der Waals surface area (Å²) in [5.74, 6) is 3.03.